The summed E-state index contributed by atoms with van der Waals surface area (Å²) < 4.78 is 6.30. The van der Waals surface area contributed by atoms with Gasteiger partial charge in [0, 0.05) is 13.1 Å². The van der Waals surface area contributed by atoms with Crippen LogP contribution < -0.4 is 5.32 Å². The molecule has 6 heteroatoms. The predicted octanol–water partition coefficient (Wildman–Crippen LogP) is 2.48. The molecule has 2 rings (SSSR count). The smallest absolute Gasteiger partial charge is 0.356 e. The Bertz CT molecular complexity index is 680. The molecule has 0 saturated heterocycles. The number of aryl methyl sites for hydroxylation is 1. The molecule has 1 heterocycles. The molecule has 23 heavy (non-hydrogen) atoms. The standard InChI is InChI=1S/C17H21N3O3/c1-4-13(12-9-7-6-8-10-12)18-16(21)14-11-15(20(3)19-14)17(22)23-5-2/h6-11,13H,4-5H2,1-3H3,(H,18,21). The number of amides is 1. The number of nitrogens with zero attached hydrogens (tertiary/aromatic N) is 2. The van der Waals surface area contributed by atoms with Crippen molar-refractivity contribution in [2.75, 3.05) is 6.61 Å². The molecule has 0 bridgehead atoms. The molecule has 1 N–H and O–H groups in total. The largest absolute Gasteiger partial charge is 0.461 e. The van der Waals surface area contributed by atoms with Crippen LogP contribution in [-0.2, 0) is 11.8 Å². The average Bonchev–Trinajstić information content (AvgIpc) is 2.95. The van der Waals surface area contributed by atoms with Gasteiger partial charge in [-0.1, -0.05) is 37.3 Å². The van der Waals surface area contributed by atoms with Crippen LogP contribution in [-0.4, -0.2) is 28.3 Å². The first-order chi connectivity index (χ1) is 11.1. The maximum absolute atomic E-state index is 12.4. The van der Waals surface area contributed by atoms with Crippen LogP contribution in [0.3, 0.4) is 0 Å². The second-order valence-electron chi connectivity index (χ2n) is 5.10. The van der Waals surface area contributed by atoms with Crippen LogP contribution in [0, 0.1) is 0 Å². The third-order valence-corrected chi connectivity index (χ3v) is 3.51. The lowest BCUT2D eigenvalue weighted by molar-refractivity contribution is 0.0513. The third kappa shape index (κ3) is 3.97. The molecule has 1 aromatic heterocycles. The molecule has 0 saturated carbocycles. The molecular formula is C17H21N3O3. The van der Waals surface area contributed by atoms with Gasteiger partial charge in [-0.05, 0) is 18.9 Å². The van der Waals surface area contributed by atoms with E-state index in [-0.39, 0.29) is 29.9 Å². The van der Waals surface area contributed by atoms with Crippen LogP contribution in [0.15, 0.2) is 36.4 Å². The summed E-state index contributed by atoms with van der Waals surface area (Å²) in [7, 11) is 1.61. The van der Waals surface area contributed by atoms with E-state index in [1.165, 1.54) is 10.7 Å². The highest BCUT2D eigenvalue weighted by atomic mass is 16.5. The zero-order valence-electron chi connectivity index (χ0n) is 13.6. The number of aromatic nitrogens is 2. The van der Waals surface area contributed by atoms with E-state index in [4.69, 9.17) is 4.74 Å². The van der Waals surface area contributed by atoms with Crippen molar-refractivity contribution < 1.29 is 14.3 Å². The lowest BCUT2D eigenvalue weighted by Gasteiger charge is -2.16. The highest BCUT2D eigenvalue weighted by Crippen LogP contribution is 2.17. The van der Waals surface area contributed by atoms with Gasteiger partial charge in [0.05, 0.1) is 12.6 Å². The highest BCUT2D eigenvalue weighted by Gasteiger charge is 2.20. The summed E-state index contributed by atoms with van der Waals surface area (Å²) in [6.07, 6.45) is 0.757. The molecule has 1 atom stereocenters. The predicted molar refractivity (Wildman–Crippen MR) is 86.1 cm³/mol. The minimum Gasteiger partial charge on any atom is -0.461 e. The number of esters is 1. The van der Waals surface area contributed by atoms with Crippen molar-refractivity contribution in [1.82, 2.24) is 15.1 Å². The van der Waals surface area contributed by atoms with Gasteiger partial charge >= 0.3 is 5.97 Å². The van der Waals surface area contributed by atoms with E-state index >= 15 is 0 Å². The van der Waals surface area contributed by atoms with E-state index in [0.717, 1.165) is 12.0 Å². The van der Waals surface area contributed by atoms with Crippen LogP contribution in [0.2, 0.25) is 0 Å². The van der Waals surface area contributed by atoms with Crippen LogP contribution >= 0.6 is 0 Å². The highest BCUT2D eigenvalue weighted by molar-refractivity contribution is 5.96. The number of ether oxygens (including phenoxy) is 1. The van der Waals surface area contributed by atoms with E-state index in [2.05, 4.69) is 10.4 Å². The summed E-state index contributed by atoms with van der Waals surface area (Å²) in [5.74, 6) is -0.802. The Morgan fingerprint density at radius 3 is 2.57 bits per heavy atom. The fraction of sp³-hybridized carbons (Fsp3) is 0.353. The lowest BCUT2D eigenvalue weighted by Crippen LogP contribution is -2.28. The van der Waals surface area contributed by atoms with Crippen molar-refractivity contribution in [3.63, 3.8) is 0 Å². The molecule has 0 radical (unpaired) electrons. The number of benzene rings is 1. The number of hydrogen-bond donors (Lipinski definition) is 1. The van der Waals surface area contributed by atoms with E-state index in [0.29, 0.717) is 0 Å². The van der Waals surface area contributed by atoms with Gasteiger partial charge in [-0.3, -0.25) is 9.48 Å². The van der Waals surface area contributed by atoms with Crippen LogP contribution in [0.5, 0.6) is 0 Å². The monoisotopic (exact) mass is 315 g/mol. The normalized spacial score (nSPS) is 11.8. The Morgan fingerprint density at radius 1 is 1.26 bits per heavy atom. The molecule has 122 valence electrons. The minimum atomic E-state index is -0.489. The Balaban J connectivity index is 2.14. The molecule has 1 amide bonds. The van der Waals surface area contributed by atoms with Gasteiger partial charge in [0.1, 0.15) is 5.69 Å². The fourth-order valence-electron chi connectivity index (χ4n) is 2.31. The van der Waals surface area contributed by atoms with Gasteiger partial charge in [0.25, 0.3) is 5.91 Å². The van der Waals surface area contributed by atoms with Crippen molar-refractivity contribution in [2.24, 2.45) is 7.05 Å². The summed E-state index contributed by atoms with van der Waals surface area (Å²) in [5.41, 5.74) is 1.49. The number of nitrogens with one attached hydrogen (secondary N) is 1. The van der Waals surface area contributed by atoms with Gasteiger partial charge in [0.15, 0.2) is 5.69 Å². The second-order valence-corrected chi connectivity index (χ2v) is 5.10. The molecule has 0 fully saturated rings. The summed E-state index contributed by atoms with van der Waals surface area (Å²) >= 11 is 0. The van der Waals surface area contributed by atoms with E-state index in [1.54, 1.807) is 14.0 Å². The third-order valence-electron chi connectivity index (χ3n) is 3.51. The van der Waals surface area contributed by atoms with Gasteiger partial charge in [-0.25, -0.2) is 4.79 Å². The van der Waals surface area contributed by atoms with Crippen LogP contribution in [0.25, 0.3) is 0 Å². The molecule has 0 aliphatic rings. The molecule has 6 nitrogen and oxygen atoms in total. The SMILES string of the molecule is CCOC(=O)c1cc(C(=O)NC(CC)c2ccccc2)nn1C. The Morgan fingerprint density at radius 2 is 1.96 bits per heavy atom. The molecule has 1 aromatic carbocycles. The average molecular weight is 315 g/mol. The number of carbonyl (C=O) groups is 2. The van der Waals surface area contributed by atoms with Crippen molar-refractivity contribution in [3.8, 4) is 0 Å². The number of hydrogen-bond acceptors (Lipinski definition) is 4. The summed E-state index contributed by atoms with van der Waals surface area (Å²) in [5, 5.41) is 7.04. The number of rotatable bonds is 6. The van der Waals surface area contributed by atoms with Crippen molar-refractivity contribution >= 4 is 11.9 Å². The second kappa shape index (κ2) is 7.58. The minimum absolute atomic E-state index is 0.100. The maximum atomic E-state index is 12.4. The maximum Gasteiger partial charge on any atom is 0.356 e. The fourth-order valence-corrected chi connectivity index (χ4v) is 2.31. The van der Waals surface area contributed by atoms with Gasteiger partial charge in [-0.2, -0.15) is 5.10 Å². The summed E-state index contributed by atoms with van der Waals surface area (Å²) in [4.78, 5) is 24.2. The Labute approximate surface area is 135 Å². The van der Waals surface area contributed by atoms with E-state index in [1.807, 2.05) is 37.3 Å². The molecule has 0 aliphatic carbocycles. The Hall–Kier alpha value is -2.63. The first-order valence-electron chi connectivity index (χ1n) is 7.63. The topological polar surface area (TPSA) is 73.2 Å². The molecular weight excluding hydrogens is 294 g/mol. The Kier molecular flexibility index (Phi) is 5.51. The molecule has 2 aromatic rings. The van der Waals surface area contributed by atoms with Crippen molar-refractivity contribution in [1.29, 1.82) is 0 Å². The molecule has 0 aliphatic heterocycles. The summed E-state index contributed by atoms with van der Waals surface area (Å²) in [6, 6.07) is 11.1. The molecule has 0 spiro atoms. The van der Waals surface area contributed by atoms with Gasteiger partial charge < -0.3 is 10.1 Å². The first-order valence-corrected chi connectivity index (χ1v) is 7.63. The lowest BCUT2D eigenvalue weighted by atomic mass is 10.0. The van der Waals surface area contributed by atoms with Crippen molar-refractivity contribution in [2.45, 2.75) is 26.3 Å². The summed E-state index contributed by atoms with van der Waals surface area (Å²) in [6.45, 7) is 4.01. The van der Waals surface area contributed by atoms with Crippen LogP contribution in [0.1, 0.15) is 52.9 Å². The van der Waals surface area contributed by atoms with Gasteiger partial charge in [0.2, 0.25) is 0 Å². The number of carbonyl (C=O) groups excluding carboxylic acids is 2. The zero-order valence-corrected chi connectivity index (χ0v) is 13.6. The van der Waals surface area contributed by atoms with Crippen molar-refractivity contribution in [3.05, 3.63) is 53.3 Å². The zero-order chi connectivity index (χ0) is 16.8. The van der Waals surface area contributed by atoms with E-state index < -0.39 is 5.97 Å². The van der Waals surface area contributed by atoms with Crippen LogP contribution in [0.4, 0.5) is 0 Å². The van der Waals surface area contributed by atoms with Gasteiger partial charge in [-0.15, -0.1) is 0 Å². The van der Waals surface area contributed by atoms with E-state index in [9.17, 15) is 9.59 Å². The quantitative estimate of drug-likeness (QED) is 0.831. The molecule has 1 unspecified atom stereocenters. The first kappa shape index (κ1) is 16.7.